The fraction of sp³-hybridized carbons (Fsp3) is 0.471. The van der Waals surface area contributed by atoms with Gasteiger partial charge in [-0.15, -0.1) is 0 Å². The summed E-state index contributed by atoms with van der Waals surface area (Å²) < 4.78 is 0. The number of aliphatic imine (C=N–C) groups is 1. The zero-order valence-corrected chi connectivity index (χ0v) is 12.8. The number of allylic oxidation sites excluding steroid dienone is 1. The van der Waals surface area contributed by atoms with Crippen LogP contribution in [0.25, 0.3) is 0 Å². The lowest BCUT2D eigenvalue weighted by Crippen LogP contribution is -1.92. The fourth-order valence-electron chi connectivity index (χ4n) is 1.36. The molecular weight excluding hydrogens is 232 g/mol. The molecule has 2 N–H and O–H groups in total. The van der Waals surface area contributed by atoms with Crippen LogP contribution in [0.2, 0.25) is 0 Å². The van der Waals surface area contributed by atoms with Crippen molar-refractivity contribution in [2.24, 2.45) is 16.6 Å². The average Bonchev–Trinajstić information content (AvgIpc) is 3.29. The van der Waals surface area contributed by atoms with Crippen LogP contribution in [0.15, 0.2) is 47.1 Å². The highest BCUT2D eigenvalue weighted by atomic mass is 14.7. The van der Waals surface area contributed by atoms with Crippen molar-refractivity contribution in [1.82, 2.24) is 0 Å². The third-order valence-corrected chi connectivity index (χ3v) is 2.36. The molecule has 2 nitrogen and oxygen atoms in total. The molecule has 0 aliphatic heterocycles. The molecule has 1 aliphatic rings. The van der Waals surface area contributed by atoms with Crippen LogP contribution in [0.4, 0.5) is 5.69 Å². The van der Waals surface area contributed by atoms with E-state index in [0.29, 0.717) is 5.92 Å². The number of para-hydroxylation sites is 1. The molecule has 0 radical (unpaired) electrons. The van der Waals surface area contributed by atoms with Gasteiger partial charge in [0.05, 0.1) is 5.69 Å². The van der Waals surface area contributed by atoms with Crippen molar-refractivity contribution in [3.05, 3.63) is 42.1 Å². The van der Waals surface area contributed by atoms with Crippen molar-refractivity contribution >= 4 is 11.9 Å². The van der Waals surface area contributed by atoms with Crippen LogP contribution in [-0.4, -0.2) is 6.21 Å². The third kappa shape index (κ3) is 8.20. The lowest BCUT2D eigenvalue weighted by atomic mass is 10.2. The molecule has 0 atom stereocenters. The largest absolute Gasteiger partial charge is 0.404 e. The normalized spacial score (nSPS) is 14.2. The minimum Gasteiger partial charge on any atom is -0.404 e. The Morgan fingerprint density at radius 2 is 1.74 bits per heavy atom. The van der Waals surface area contributed by atoms with Gasteiger partial charge < -0.3 is 5.73 Å². The molecule has 0 bridgehead atoms. The molecule has 2 rings (SSSR count). The van der Waals surface area contributed by atoms with Crippen molar-refractivity contribution in [3.63, 3.8) is 0 Å². The van der Waals surface area contributed by atoms with E-state index in [2.05, 4.69) is 18.8 Å². The number of hydrogen-bond acceptors (Lipinski definition) is 2. The van der Waals surface area contributed by atoms with Gasteiger partial charge in [-0.25, -0.2) is 0 Å². The van der Waals surface area contributed by atoms with Gasteiger partial charge in [0.2, 0.25) is 0 Å². The average molecular weight is 260 g/mol. The van der Waals surface area contributed by atoms with E-state index in [0.717, 1.165) is 11.3 Å². The number of nitrogens with two attached hydrogens (primary N) is 1. The molecule has 1 aromatic carbocycles. The first-order valence-electron chi connectivity index (χ1n) is 7.32. The minimum atomic E-state index is 0.660. The molecule has 19 heavy (non-hydrogen) atoms. The zero-order chi connectivity index (χ0) is 14.5. The first-order chi connectivity index (χ1) is 9.31. The Morgan fingerprint density at radius 1 is 1.21 bits per heavy atom. The molecule has 2 heteroatoms. The monoisotopic (exact) mass is 260 g/mol. The maximum Gasteiger partial charge on any atom is 0.0629 e. The zero-order valence-electron chi connectivity index (χ0n) is 12.8. The summed E-state index contributed by atoms with van der Waals surface area (Å²) in [5, 5.41) is 0. The Labute approximate surface area is 118 Å². The summed E-state index contributed by atoms with van der Waals surface area (Å²) in [5.74, 6) is 0.660. The smallest absolute Gasteiger partial charge is 0.0629 e. The molecule has 0 saturated heterocycles. The maximum absolute atomic E-state index is 5.52. The van der Waals surface area contributed by atoms with Gasteiger partial charge >= 0.3 is 0 Å². The highest BCUT2D eigenvalue weighted by Crippen LogP contribution is 2.35. The van der Waals surface area contributed by atoms with E-state index in [-0.39, 0.29) is 0 Å². The van der Waals surface area contributed by atoms with Crippen LogP contribution >= 0.6 is 0 Å². The molecule has 0 heterocycles. The van der Waals surface area contributed by atoms with Crippen LogP contribution in [0.5, 0.6) is 0 Å². The minimum absolute atomic E-state index is 0.660. The van der Waals surface area contributed by atoms with E-state index in [4.69, 9.17) is 5.73 Å². The molecule has 0 amide bonds. The molecule has 0 unspecified atom stereocenters. The molecule has 1 aliphatic carbocycles. The second kappa shape index (κ2) is 11.5. The van der Waals surface area contributed by atoms with E-state index >= 15 is 0 Å². The lowest BCUT2D eigenvalue weighted by Gasteiger charge is -1.95. The van der Waals surface area contributed by atoms with Gasteiger partial charge in [-0.1, -0.05) is 52.3 Å². The molecule has 0 aromatic heterocycles. The van der Waals surface area contributed by atoms with Gasteiger partial charge in [-0.05, 0) is 42.7 Å². The predicted molar refractivity (Wildman–Crippen MR) is 86.9 cm³/mol. The Hall–Kier alpha value is -1.57. The van der Waals surface area contributed by atoms with E-state index in [1.54, 1.807) is 6.20 Å². The van der Waals surface area contributed by atoms with Gasteiger partial charge in [0.1, 0.15) is 0 Å². The highest BCUT2D eigenvalue weighted by Gasteiger charge is 2.24. The maximum atomic E-state index is 5.52. The van der Waals surface area contributed by atoms with Gasteiger partial charge in [0, 0.05) is 6.21 Å². The van der Waals surface area contributed by atoms with Gasteiger partial charge in [0.15, 0.2) is 0 Å². The summed E-state index contributed by atoms with van der Waals surface area (Å²) >= 11 is 0. The SMILES string of the molecule is CC.CCC.N/C=C(\C=Nc1ccccc1)C1CC1. The van der Waals surface area contributed by atoms with Crippen LogP contribution in [0.3, 0.4) is 0 Å². The molecule has 1 saturated carbocycles. The molecular formula is C17H28N2. The summed E-state index contributed by atoms with van der Waals surface area (Å²) in [4.78, 5) is 4.37. The quantitative estimate of drug-likeness (QED) is 0.756. The van der Waals surface area contributed by atoms with E-state index in [9.17, 15) is 0 Å². The van der Waals surface area contributed by atoms with Gasteiger partial charge in [-0.3, -0.25) is 4.99 Å². The van der Waals surface area contributed by atoms with Crippen molar-refractivity contribution in [3.8, 4) is 0 Å². The first-order valence-corrected chi connectivity index (χ1v) is 7.32. The lowest BCUT2D eigenvalue weighted by molar-refractivity contribution is 1.07. The standard InChI is InChI=1S/C12H14N2.C3H8.C2H6/c13-8-11(10-6-7-10)9-14-12-4-2-1-3-5-12;1-3-2;1-2/h1-5,8-10H,6-7,13H2;3H2,1-2H3;1-2H3/b11-8+,14-9?;;. The highest BCUT2D eigenvalue weighted by molar-refractivity contribution is 5.82. The van der Waals surface area contributed by atoms with Gasteiger partial charge in [-0.2, -0.15) is 0 Å². The summed E-state index contributed by atoms with van der Waals surface area (Å²) in [6.07, 6.45) is 7.31. The predicted octanol–water partition coefficient (Wildman–Crippen LogP) is 5.08. The van der Waals surface area contributed by atoms with Crippen molar-refractivity contribution < 1.29 is 0 Å². The molecule has 1 fully saturated rings. The second-order valence-electron chi connectivity index (χ2n) is 4.24. The van der Waals surface area contributed by atoms with E-state index in [1.807, 2.05) is 50.4 Å². The topological polar surface area (TPSA) is 38.4 Å². The van der Waals surface area contributed by atoms with Crippen LogP contribution < -0.4 is 5.73 Å². The van der Waals surface area contributed by atoms with Crippen molar-refractivity contribution in [2.75, 3.05) is 0 Å². The summed E-state index contributed by atoms with van der Waals surface area (Å²) in [6.45, 7) is 8.25. The van der Waals surface area contributed by atoms with Crippen molar-refractivity contribution in [2.45, 2.75) is 47.0 Å². The van der Waals surface area contributed by atoms with Crippen LogP contribution in [-0.2, 0) is 0 Å². The van der Waals surface area contributed by atoms with Crippen molar-refractivity contribution in [1.29, 1.82) is 0 Å². The Bertz CT molecular complexity index is 362. The Balaban J connectivity index is 0.000000573. The molecule has 0 spiro atoms. The number of hydrogen-bond donors (Lipinski definition) is 1. The summed E-state index contributed by atoms with van der Waals surface area (Å²) in [6, 6.07) is 9.92. The van der Waals surface area contributed by atoms with Crippen LogP contribution in [0, 0.1) is 5.92 Å². The van der Waals surface area contributed by atoms with E-state index < -0.39 is 0 Å². The number of rotatable bonds is 3. The molecule has 1 aromatic rings. The van der Waals surface area contributed by atoms with Crippen LogP contribution in [0.1, 0.15) is 47.0 Å². The second-order valence-corrected chi connectivity index (χ2v) is 4.24. The number of benzene rings is 1. The number of nitrogens with zero attached hydrogens (tertiary/aromatic N) is 1. The summed E-state index contributed by atoms with van der Waals surface area (Å²) in [7, 11) is 0. The Kier molecular flexibility index (Phi) is 10.6. The third-order valence-electron chi connectivity index (χ3n) is 2.36. The fourth-order valence-corrected chi connectivity index (χ4v) is 1.36. The van der Waals surface area contributed by atoms with E-state index in [1.165, 1.54) is 19.3 Å². The van der Waals surface area contributed by atoms with Gasteiger partial charge in [0.25, 0.3) is 0 Å². The first kappa shape index (κ1) is 17.4. The summed E-state index contributed by atoms with van der Waals surface area (Å²) in [5.41, 5.74) is 7.66. The Morgan fingerprint density at radius 3 is 2.16 bits per heavy atom. The molecule has 106 valence electrons.